The Morgan fingerprint density at radius 1 is 1.22 bits per heavy atom. The van der Waals surface area contributed by atoms with Crippen molar-refractivity contribution in [2.45, 2.75) is 25.6 Å². The predicted molar refractivity (Wildman–Crippen MR) is 89.1 cm³/mol. The van der Waals surface area contributed by atoms with E-state index in [1.807, 2.05) is 10.9 Å². The minimum absolute atomic E-state index is 0.261. The minimum Gasteiger partial charge on any atom is -0.377 e. The Morgan fingerprint density at radius 2 is 2.04 bits per heavy atom. The zero-order chi connectivity index (χ0) is 15.6. The van der Waals surface area contributed by atoms with E-state index in [2.05, 4.69) is 65.0 Å². The van der Waals surface area contributed by atoms with Crippen molar-refractivity contribution in [2.75, 3.05) is 13.2 Å². The standard InChI is InChI=1S/C18H20N4O/c1-13(15-7-6-14-4-2-3-5-16(14)8-15)19-9-17-10-22(21-20-17)18-11-23-12-18/h2-8,10,13,18-19H,9,11-12H2,1H3. The normalized spacial score (nSPS) is 16.4. The number of rotatable bonds is 5. The van der Waals surface area contributed by atoms with Gasteiger partial charge < -0.3 is 10.1 Å². The maximum atomic E-state index is 5.19. The Labute approximate surface area is 135 Å². The first-order chi connectivity index (χ1) is 11.3. The van der Waals surface area contributed by atoms with Crippen molar-refractivity contribution in [2.24, 2.45) is 0 Å². The van der Waals surface area contributed by atoms with Crippen LogP contribution >= 0.6 is 0 Å². The molecule has 2 aromatic carbocycles. The molecule has 0 radical (unpaired) electrons. The summed E-state index contributed by atoms with van der Waals surface area (Å²) in [5.74, 6) is 0. The van der Waals surface area contributed by atoms with E-state index in [-0.39, 0.29) is 6.04 Å². The second-order valence-corrected chi connectivity index (χ2v) is 6.09. The summed E-state index contributed by atoms with van der Waals surface area (Å²) in [6, 6.07) is 15.7. The number of benzene rings is 2. The van der Waals surface area contributed by atoms with Crippen molar-refractivity contribution in [3.63, 3.8) is 0 Å². The van der Waals surface area contributed by atoms with Crippen molar-refractivity contribution in [3.05, 3.63) is 59.9 Å². The van der Waals surface area contributed by atoms with Gasteiger partial charge in [0, 0.05) is 12.6 Å². The molecule has 1 saturated heterocycles. The molecule has 1 aliphatic heterocycles. The van der Waals surface area contributed by atoms with Crippen molar-refractivity contribution in [1.29, 1.82) is 0 Å². The lowest BCUT2D eigenvalue weighted by Gasteiger charge is -2.25. The summed E-state index contributed by atoms with van der Waals surface area (Å²) >= 11 is 0. The Bertz CT molecular complexity index is 809. The highest BCUT2D eigenvalue weighted by molar-refractivity contribution is 5.83. The van der Waals surface area contributed by atoms with Gasteiger partial charge in [0.05, 0.1) is 25.1 Å². The van der Waals surface area contributed by atoms with Crippen LogP contribution in [-0.2, 0) is 11.3 Å². The van der Waals surface area contributed by atoms with Crippen molar-refractivity contribution in [3.8, 4) is 0 Å². The third kappa shape index (κ3) is 2.98. The Morgan fingerprint density at radius 3 is 2.83 bits per heavy atom. The first kappa shape index (κ1) is 14.4. The molecule has 0 bridgehead atoms. The number of hydrogen-bond acceptors (Lipinski definition) is 4. The highest BCUT2D eigenvalue weighted by atomic mass is 16.5. The van der Waals surface area contributed by atoms with E-state index in [0.717, 1.165) is 18.9 Å². The molecular weight excluding hydrogens is 288 g/mol. The molecule has 118 valence electrons. The van der Waals surface area contributed by atoms with Gasteiger partial charge in [-0.25, -0.2) is 4.68 Å². The maximum Gasteiger partial charge on any atom is 0.100 e. The topological polar surface area (TPSA) is 52.0 Å². The molecule has 1 aromatic heterocycles. The van der Waals surface area contributed by atoms with E-state index < -0.39 is 0 Å². The second kappa shape index (κ2) is 6.10. The van der Waals surface area contributed by atoms with Crippen LogP contribution < -0.4 is 5.32 Å². The summed E-state index contributed by atoms with van der Waals surface area (Å²) in [6.07, 6.45) is 2.01. The smallest absolute Gasteiger partial charge is 0.100 e. The van der Waals surface area contributed by atoms with Crippen molar-refractivity contribution < 1.29 is 4.74 Å². The lowest BCUT2D eigenvalue weighted by atomic mass is 10.0. The van der Waals surface area contributed by atoms with Crippen LogP contribution in [0.5, 0.6) is 0 Å². The molecule has 0 saturated carbocycles. The molecule has 3 aromatic rings. The molecule has 1 fully saturated rings. The summed E-state index contributed by atoms with van der Waals surface area (Å²) in [6.45, 7) is 4.36. The monoisotopic (exact) mass is 308 g/mol. The van der Waals surface area contributed by atoms with Crippen LogP contribution in [0.3, 0.4) is 0 Å². The van der Waals surface area contributed by atoms with Gasteiger partial charge in [0.2, 0.25) is 0 Å². The largest absolute Gasteiger partial charge is 0.377 e. The minimum atomic E-state index is 0.261. The van der Waals surface area contributed by atoms with Gasteiger partial charge >= 0.3 is 0 Å². The van der Waals surface area contributed by atoms with E-state index in [9.17, 15) is 0 Å². The molecular formula is C18H20N4O. The number of hydrogen-bond donors (Lipinski definition) is 1. The van der Waals surface area contributed by atoms with E-state index in [1.54, 1.807) is 0 Å². The SMILES string of the molecule is CC(NCc1cn(C2COC2)nn1)c1ccc2ccccc2c1. The average Bonchev–Trinajstić information content (AvgIpc) is 2.99. The van der Waals surface area contributed by atoms with Crippen molar-refractivity contribution in [1.82, 2.24) is 20.3 Å². The van der Waals surface area contributed by atoms with Crippen LogP contribution in [0.4, 0.5) is 0 Å². The summed E-state index contributed by atoms with van der Waals surface area (Å²) in [5.41, 5.74) is 2.24. The van der Waals surface area contributed by atoms with Gasteiger partial charge in [-0.05, 0) is 29.3 Å². The zero-order valence-electron chi connectivity index (χ0n) is 13.1. The maximum absolute atomic E-state index is 5.19. The molecule has 0 spiro atoms. The van der Waals surface area contributed by atoms with Crippen LogP contribution in [0.1, 0.15) is 30.3 Å². The van der Waals surface area contributed by atoms with Crippen LogP contribution in [0, 0.1) is 0 Å². The molecule has 4 rings (SSSR count). The molecule has 1 N–H and O–H groups in total. The fourth-order valence-corrected chi connectivity index (χ4v) is 2.80. The molecule has 5 nitrogen and oxygen atoms in total. The number of fused-ring (bicyclic) bond motifs is 1. The third-order valence-corrected chi connectivity index (χ3v) is 4.42. The fraction of sp³-hybridized carbons (Fsp3) is 0.333. The molecule has 1 aliphatic rings. The molecule has 1 unspecified atom stereocenters. The lowest BCUT2D eigenvalue weighted by Crippen LogP contribution is -2.31. The van der Waals surface area contributed by atoms with Gasteiger partial charge in [0.15, 0.2) is 0 Å². The highest BCUT2D eigenvalue weighted by Gasteiger charge is 2.21. The quantitative estimate of drug-likeness (QED) is 0.787. The summed E-state index contributed by atoms with van der Waals surface area (Å²) in [5, 5.41) is 14.5. The molecule has 23 heavy (non-hydrogen) atoms. The van der Waals surface area contributed by atoms with Gasteiger partial charge in [0.25, 0.3) is 0 Å². The Kier molecular flexibility index (Phi) is 3.81. The summed E-state index contributed by atoms with van der Waals surface area (Å²) in [4.78, 5) is 0. The van der Waals surface area contributed by atoms with Gasteiger partial charge in [-0.1, -0.05) is 41.6 Å². The van der Waals surface area contributed by atoms with Crippen LogP contribution in [0.15, 0.2) is 48.7 Å². The Balaban J connectivity index is 1.42. The molecule has 1 atom stereocenters. The van der Waals surface area contributed by atoms with Crippen LogP contribution in [0.25, 0.3) is 10.8 Å². The van der Waals surface area contributed by atoms with Crippen LogP contribution in [-0.4, -0.2) is 28.2 Å². The highest BCUT2D eigenvalue weighted by Crippen LogP contribution is 2.20. The number of nitrogens with zero attached hydrogens (tertiary/aromatic N) is 3. The van der Waals surface area contributed by atoms with E-state index in [4.69, 9.17) is 4.74 Å². The zero-order valence-corrected chi connectivity index (χ0v) is 13.1. The van der Waals surface area contributed by atoms with Gasteiger partial charge in [-0.3, -0.25) is 0 Å². The van der Waals surface area contributed by atoms with Crippen LogP contribution in [0.2, 0.25) is 0 Å². The first-order valence-electron chi connectivity index (χ1n) is 8.00. The van der Waals surface area contributed by atoms with E-state index in [1.165, 1.54) is 16.3 Å². The van der Waals surface area contributed by atoms with Gasteiger partial charge in [-0.2, -0.15) is 0 Å². The van der Waals surface area contributed by atoms with Crippen molar-refractivity contribution >= 4 is 10.8 Å². The fourth-order valence-electron chi connectivity index (χ4n) is 2.80. The number of aromatic nitrogens is 3. The molecule has 0 amide bonds. The molecule has 5 heteroatoms. The second-order valence-electron chi connectivity index (χ2n) is 6.09. The Hall–Kier alpha value is -2.24. The average molecular weight is 308 g/mol. The summed E-state index contributed by atoms with van der Waals surface area (Å²) < 4.78 is 7.09. The number of nitrogens with one attached hydrogen (secondary N) is 1. The van der Waals surface area contributed by atoms with Gasteiger partial charge in [-0.15, -0.1) is 5.10 Å². The molecule has 0 aliphatic carbocycles. The lowest BCUT2D eigenvalue weighted by molar-refractivity contribution is -0.0293. The van der Waals surface area contributed by atoms with Gasteiger partial charge in [0.1, 0.15) is 6.04 Å². The predicted octanol–water partition coefficient (Wildman–Crippen LogP) is 2.85. The first-order valence-corrected chi connectivity index (χ1v) is 8.00. The van der Waals surface area contributed by atoms with E-state index in [0.29, 0.717) is 12.6 Å². The summed E-state index contributed by atoms with van der Waals surface area (Å²) in [7, 11) is 0. The third-order valence-electron chi connectivity index (χ3n) is 4.42. The number of ether oxygens (including phenoxy) is 1. The van der Waals surface area contributed by atoms with E-state index >= 15 is 0 Å². The molecule has 2 heterocycles.